The molecular weight excluding hydrogens is 386 g/mol. The first-order valence-corrected chi connectivity index (χ1v) is 8.84. The van der Waals surface area contributed by atoms with Crippen LogP contribution in [0, 0.1) is 0 Å². The maximum absolute atomic E-state index is 12.3. The van der Waals surface area contributed by atoms with Crippen molar-refractivity contribution < 1.29 is 19.0 Å². The van der Waals surface area contributed by atoms with Gasteiger partial charge >= 0.3 is 0 Å². The molecule has 0 aromatic heterocycles. The molecule has 1 aliphatic rings. The van der Waals surface area contributed by atoms with Crippen LogP contribution >= 0.6 is 15.9 Å². The second-order valence-corrected chi connectivity index (χ2v) is 6.63. The first-order valence-electron chi connectivity index (χ1n) is 8.05. The molecule has 0 saturated carbocycles. The summed E-state index contributed by atoms with van der Waals surface area (Å²) >= 11 is 3.52. The van der Waals surface area contributed by atoms with Crippen LogP contribution in [0.2, 0.25) is 0 Å². The number of methoxy groups -OCH3 is 2. The van der Waals surface area contributed by atoms with Crippen LogP contribution in [0.15, 0.2) is 34.8 Å². The summed E-state index contributed by atoms with van der Waals surface area (Å²) in [4.78, 5) is 12.3. The summed E-state index contributed by atoms with van der Waals surface area (Å²) in [5.74, 6) is 1.85. The van der Waals surface area contributed by atoms with E-state index < -0.39 is 0 Å². The maximum atomic E-state index is 12.3. The molecule has 1 amide bonds. The van der Waals surface area contributed by atoms with Gasteiger partial charge in [-0.05, 0) is 36.8 Å². The van der Waals surface area contributed by atoms with Crippen molar-refractivity contribution in [2.24, 2.45) is 0 Å². The molecule has 1 heterocycles. The third-order valence-corrected chi connectivity index (χ3v) is 4.74. The molecule has 132 valence electrons. The second kappa shape index (κ2) is 7.35. The summed E-state index contributed by atoms with van der Waals surface area (Å²) in [7, 11) is 3.18. The molecule has 25 heavy (non-hydrogen) atoms. The monoisotopic (exact) mass is 405 g/mol. The van der Waals surface area contributed by atoms with E-state index in [9.17, 15) is 4.79 Å². The van der Waals surface area contributed by atoms with Gasteiger partial charge in [0.15, 0.2) is 11.5 Å². The second-order valence-electron chi connectivity index (χ2n) is 5.71. The highest BCUT2D eigenvalue weighted by Crippen LogP contribution is 2.45. The molecule has 0 spiro atoms. The third kappa shape index (κ3) is 3.44. The highest BCUT2D eigenvalue weighted by Gasteiger charge is 2.30. The van der Waals surface area contributed by atoms with Gasteiger partial charge in [0, 0.05) is 34.1 Å². The van der Waals surface area contributed by atoms with Gasteiger partial charge in [0.25, 0.3) is 0 Å². The Morgan fingerprint density at radius 3 is 2.48 bits per heavy atom. The van der Waals surface area contributed by atoms with Gasteiger partial charge in [-0.2, -0.15) is 0 Å². The van der Waals surface area contributed by atoms with E-state index in [-0.39, 0.29) is 11.8 Å². The molecule has 0 aliphatic carbocycles. The zero-order chi connectivity index (χ0) is 18.0. The van der Waals surface area contributed by atoms with Crippen LogP contribution in [-0.2, 0) is 4.79 Å². The van der Waals surface area contributed by atoms with Crippen molar-refractivity contribution >= 4 is 27.5 Å². The first-order chi connectivity index (χ1) is 12.1. The normalized spacial score (nSPS) is 16.0. The van der Waals surface area contributed by atoms with E-state index in [1.807, 2.05) is 31.2 Å². The Balaban J connectivity index is 2.16. The van der Waals surface area contributed by atoms with Gasteiger partial charge in [0.1, 0.15) is 5.75 Å². The molecule has 1 unspecified atom stereocenters. The molecule has 2 aromatic carbocycles. The quantitative estimate of drug-likeness (QED) is 0.803. The standard InChI is InChI=1S/C19H20BrNO4/c1-4-25-16-6-5-11(20)7-14(16)12-9-19(22)21-15-10-18(24-3)17(23-2)8-13(12)15/h5-8,10,12H,4,9H2,1-3H3,(H,21,22). The number of carbonyl (C=O) groups excluding carboxylic acids is 1. The predicted molar refractivity (Wildman–Crippen MR) is 99.9 cm³/mol. The number of amides is 1. The molecule has 0 bridgehead atoms. The van der Waals surface area contributed by atoms with E-state index in [1.54, 1.807) is 20.3 Å². The SMILES string of the molecule is CCOc1ccc(Br)cc1C1CC(=O)Nc2cc(OC)c(OC)cc21. The van der Waals surface area contributed by atoms with Crippen molar-refractivity contribution in [1.82, 2.24) is 0 Å². The van der Waals surface area contributed by atoms with E-state index in [1.165, 1.54) is 0 Å². The average molecular weight is 406 g/mol. The van der Waals surface area contributed by atoms with Crippen molar-refractivity contribution in [3.05, 3.63) is 45.9 Å². The molecule has 5 nitrogen and oxygen atoms in total. The topological polar surface area (TPSA) is 56.8 Å². The highest BCUT2D eigenvalue weighted by atomic mass is 79.9. The van der Waals surface area contributed by atoms with Crippen molar-refractivity contribution in [3.8, 4) is 17.2 Å². The minimum atomic E-state index is -0.123. The fourth-order valence-corrected chi connectivity index (χ4v) is 3.52. The number of hydrogen-bond donors (Lipinski definition) is 1. The molecule has 0 radical (unpaired) electrons. The van der Waals surface area contributed by atoms with E-state index in [0.717, 1.165) is 27.0 Å². The average Bonchev–Trinajstić information content (AvgIpc) is 2.61. The van der Waals surface area contributed by atoms with E-state index >= 15 is 0 Å². The van der Waals surface area contributed by atoms with Crippen LogP contribution in [0.3, 0.4) is 0 Å². The van der Waals surface area contributed by atoms with Gasteiger partial charge in [-0.3, -0.25) is 4.79 Å². The molecule has 0 saturated heterocycles. The maximum Gasteiger partial charge on any atom is 0.225 e. The van der Waals surface area contributed by atoms with Gasteiger partial charge in [-0.15, -0.1) is 0 Å². The van der Waals surface area contributed by atoms with Crippen molar-refractivity contribution in [3.63, 3.8) is 0 Å². The number of anilines is 1. The molecule has 1 aliphatic heterocycles. The van der Waals surface area contributed by atoms with Crippen molar-refractivity contribution in [2.45, 2.75) is 19.3 Å². The Labute approximate surface area is 155 Å². The Hall–Kier alpha value is -2.21. The molecule has 6 heteroatoms. The Morgan fingerprint density at radius 2 is 1.80 bits per heavy atom. The Kier molecular flexibility index (Phi) is 5.18. The number of carbonyl (C=O) groups is 1. The number of rotatable bonds is 5. The fourth-order valence-electron chi connectivity index (χ4n) is 3.14. The minimum Gasteiger partial charge on any atom is -0.494 e. The fraction of sp³-hybridized carbons (Fsp3) is 0.316. The van der Waals surface area contributed by atoms with Gasteiger partial charge in [-0.25, -0.2) is 0 Å². The van der Waals surface area contributed by atoms with Crippen molar-refractivity contribution in [1.29, 1.82) is 0 Å². The molecule has 1 N–H and O–H groups in total. The van der Waals surface area contributed by atoms with Crippen LogP contribution in [0.25, 0.3) is 0 Å². The summed E-state index contributed by atoms with van der Waals surface area (Å²) in [6.45, 7) is 2.51. The predicted octanol–water partition coefficient (Wildman–Crippen LogP) is 4.34. The molecule has 0 fully saturated rings. The third-order valence-electron chi connectivity index (χ3n) is 4.24. The molecule has 2 aromatic rings. The number of nitrogens with one attached hydrogen (secondary N) is 1. The van der Waals surface area contributed by atoms with Gasteiger partial charge in [0.05, 0.1) is 20.8 Å². The number of halogens is 1. The van der Waals surface area contributed by atoms with Crippen LogP contribution in [-0.4, -0.2) is 26.7 Å². The highest BCUT2D eigenvalue weighted by molar-refractivity contribution is 9.10. The minimum absolute atomic E-state index is 0.0351. The zero-order valence-corrected chi connectivity index (χ0v) is 16.0. The van der Waals surface area contributed by atoms with Gasteiger partial charge < -0.3 is 19.5 Å². The lowest BCUT2D eigenvalue weighted by atomic mass is 9.84. The lowest BCUT2D eigenvalue weighted by Gasteiger charge is -2.28. The van der Waals surface area contributed by atoms with Crippen LogP contribution in [0.5, 0.6) is 17.2 Å². The van der Waals surface area contributed by atoms with E-state index in [0.29, 0.717) is 24.5 Å². The lowest BCUT2D eigenvalue weighted by molar-refractivity contribution is -0.116. The smallest absolute Gasteiger partial charge is 0.225 e. The molecule has 3 rings (SSSR count). The summed E-state index contributed by atoms with van der Waals surface area (Å²) in [5, 5.41) is 2.92. The lowest BCUT2D eigenvalue weighted by Crippen LogP contribution is -2.24. The number of hydrogen-bond acceptors (Lipinski definition) is 4. The van der Waals surface area contributed by atoms with Crippen LogP contribution < -0.4 is 19.5 Å². The summed E-state index contributed by atoms with van der Waals surface area (Å²) < 4.78 is 17.5. The van der Waals surface area contributed by atoms with Crippen molar-refractivity contribution in [2.75, 3.05) is 26.1 Å². The van der Waals surface area contributed by atoms with Crippen LogP contribution in [0.1, 0.15) is 30.4 Å². The molecule has 1 atom stereocenters. The van der Waals surface area contributed by atoms with Crippen LogP contribution in [0.4, 0.5) is 5.69 Å². The van der Waals surface area contributed by atoms with Gasteiger partial charge in [0.2, 0.25) is 5.91 Å². The summed E-state index contributed by atoms with van der Waals surface area (Å²) in [6.07, 6.45) is 0.346. The van der Waals surface area contributed by atoms with Gasteiger partial charge in [-0.1, -0.05) is 15.9 Å². The van der Waals surface area contributed by atoms with E-state index in [2.05, 4.69) is 21.2 Å². The Morgan fingerprint density at radius 1 is 1.08 bits per heavy atom. The summed E-state index contributed by atoms with van der Waals surface area (Å²) in [5.41, 5.74) is 2.69. The number of ether oxygens (including phenoxy) is 3. The Bertz CT molecular complexity index is 806. The number of benzene rings is 2. The summed E-state index contributed by atoms with van der Waals surface area (Å²) in [6, 6.07) is 9.60. The molecular formula is C19H20BrNO4. The van der Waals surface area contributed by atoms with E-state index in [4.69, 9.17) is 14.2 Å². The first kappa shape index (κ1) is 17.6. The largest absolute Gasteiger partial charge is 0.494 e. The zero-order valence-electron chi connectivity index (χ0n) is 14.4. The number of fused-ring (bicyclic) bond motifs is 1.